The monoisotopic (exact) mass is 904 g/mol. The lowest BCUT2D eigenvalue weighted by Crippen LogP contribution is -2.30. The van der Waals surface area contributed by atoms with E-state index in [-0.39, 0.29) is 11.8 Å². The van der Waals surface area contributed by atoms with Gasteiger partial charge in [0.2, 0.25) is 0 Å². The summed E-state index contributed by atoms with van der Waals surface area (Å²) in [7, 11) is 0. The van der Waals surface area contributed by atoms with Gasteiger partial charge in [0, 0.05) is 56.4 Å². The van der Waals surface area contributed by atoms with Crippen LogP contribution in [0.3, 0.4) is 0 Å². The minimum absolute atomic E-state index is 0.00573. The summed E-state index contributed by atoms with van der Waals surface area (Å²) < 4.78 is 9.04. The number of furan rings is 1. The highest BCUT2D eigenvalue weighted by Gasteiger charge is 2.45. The molecule has 2 heterocycles. The van der Waals surface area contributed by atoms with E-state index in [1.807, 2.05) is 6.07 Å². The number of para-hydroxylation sites is 4. The number of nitrogens with zero attached hydrogens (tertiary/aromatic N) is 2. The number of anilines is 3. The van der Waals surface area contributed by atoms with Crippen LogP contribution in [0.2, 0.25) is 0 Å². The van der Waals surface area contributed by atoms with Gasteiger partial charge in [-0.1, -0.05) is 182 Å². The standard InChI is InChI=1S/C68H44N2O/c1-3-18-43(19-4-1)49-24-11-14-31-59(49)70(48-35-36-53-52-26-13-16-33-63(52)71-64(53)42-48)62-39-37-50(67-65-54-27-7-9-29-56(54)66(68(62)67)57-30-10-8-28-55(57)65)46-21-17-20-44(40-46)45-34-38-61-58(41-45)51-25-12-15-32-60(51)69(61)47-22-5-2-6-23-47/h1-42,65-66H. The number of aromatic nitrogens is 1. The molecule has 0 radical (unpaired) electrons. The molecule has 0 aliphatic heterocycles. The molecule has 2 aromatic heterocycles. The third kappa shape index (κ3) is 6.03. The van der Waals surface area contributed by atoms with Gasteiger partial charge in [-0.05, 0) is 128 Å². The van der Waals surface area contributed by atoms with Gasteiger partial charge in [0.1, 0.15) is 11.2 Å². The van der Waals surface area contributed by atoms with Crippen molar-refractivity contribution >= 4 is 60.8 Å². The van der Waals surface area contributed by atoms with Gasteiger partial charge < -0.3 is 13.9 Å². The Hall–Kier alpha value is -9.18. The van der Waals surface area contributed by atoms with Crippen LogP contribution >= 0.6 is 0 Å². The van der Waals surface area contributed by atoms with E-state index in [1.165, 1.54) is 83.0 Å². The topological polar surface area (TPSA) is 21.3 Å². The fraction of sp³-hybridized carbons (Fsp3) is 0.0294. The highest BCUT2D eigenvalue weighted by molar-refractivity contribution is 6.11. The van der Waals surface area contributed by atoms with Crippen LogP contribution in [0, 0.1) is 0 Å². The Morgan fingerprint density at radius 3 is 1.70 bits per heavy atom. The minimum atomic E-state index is 0.00573. The lowest BCUT2D eigenvalue weighted by Gasteiger charge is -2.45. The van der Waals surface area contributed by atoms with E-state index >= 15 is 0 Å². The normalized spacial score (nSPS) is 14.5. The largest absolute Gasteiger partial charge is 0.456 e. The maximum Gasteiger partial charge on any atom is 0.137 e. The van der Waals surface area contributed by atoms with Crippen molar-refractivity contribution in [3.8, 4) is 39.1 Å². The summed E-state index contributed by atoms with van der Waals surface area (Å²) in [5, 5.41) is 4.73. The summed E-state index contributed by atoms with van der Waals surface area (Å²) in [6, 6.07) is 93.8. The zero-order valence-electron chi connectivity index (χ0n) is 38.7. The fourth-order valence-electron chi connectivity index (χ4n) is 12.4. The van der Waals surface area contributed by atoms with Crippen molar-refractivity contribution in [1.29, 1.82) is 0 Å². The average molecular weight is 905 g/mol. The van der Waals surface area contributed by atoms with Crippen molar-refractivity contribution in [3.63, 3.8) is 0 Å². The fourth-order valence-corrected chi connectivity index (χ4v) is 12.4. The predicted octanol–water partition coefficient (Wildman–Crippen LogP) is 18.1. The van der Waals surface area contributed by atoms with Crippen LogP contribution in [0.4, 0.5) is 17.1 Å². The molecule has 0 saturated heterocycles. The van der Waals surface area contributed by atoms with Gasteiger partial charge in [-0.3, -0.25) is 0 Å². The molecule has 0 spiro atoms. The molecule has 0 amide bonds. The van der Waals surface area contributed by atoms with Crippen molar-refractivity contribution < 1.29 is 4.42 Å². The predicted molar refractivity (Wildman–Crippen MR) is 294 cm³/mol. The molecule has 13 aromatic rings. The molecule has 0 N–H and O–H groups in total. The number of hydrogen-bond acceptors (Lipinski definition) is 2. The second-order valence-electron chi connectivity index (χ2n) is 19.1. The zero-order chi connectivity index (χ0) is 46.6. The molecule has 0 unspecified atom stereocenters. The Kier molecular flexibility index (Phi) is 8.78. The van der Waals surface area contributed by atoms with Gasteiger partial charge >= 0.3 is 0 Å². The molecule has 332 valence electrons. The molecular weight excluding hydrogens is 861 g/mol. The minimum Gasteiger partial charge on any atom is -0.456 e. The van der Waals surface area contributed by atoms with Crippen molar-refractivity contribution in [2.45, 2.75) is 11.8 Å². The third-order valence-electron chi connectivity index (χ3n) is 15.4. The van der Waals surface area contributed by atoms with Crippen LogP contribution in [0.5, 0.6) is 0 Å². The second kappa shape index (κ2) is 15.7. The van der Waals surface area contributed by atoms with Crippen LogP contribution < -0.4 is 4.90 Å². The number of benzene rings is 11. The highest BCUT2D eigenvalue weighted by atomic mass is 16.3. The first-order valence-electron chi connectivity index (χ1n) is 24.6. The summed E-state index contributed by atoms with van der Waals surface area (Å²) in [5.74, 6) is 0.0386. The molecule has 0 atom stereocenters. The Labute approximate surface area is 411 Å². The van der Waals surface area contributed by atoms with Crippen LogP contribution in [-0.2, 0) is 0 Å². The van der Waals surface area contributed by atoms with Crippen molar-refractivity contribution in [2.24, 2.45) is 0 Å². The summed E-state index contributed by atoms with van der Waals surface area (Å²) in [5.41, 5.74) is 24.1. The van der Waals surface area contributed by atoms with Crippen LogP contribution in [-0.4, -0.2) is 4.57 Å². The van der Waals surface area contributed by atoms with Gasteiger partial charge in [0.05, 0.1) is 22.4 Å². The molecule has 3 nitrogen and oxygen atoms in total. The first-order chi connectivity index (χ1) is 35.2. The van der Waals surface area contributed by atoms with E-state index in [9.17, 15) is 0 Å². The SMILES string of the molecule is c1ccc(-c2ccccc2N(c2ccc3c(c2)oc2ccccc23)c2ccc(-c3cccc(-c4ccc5c(c4)c4ccccc4n5-c4ccccc4)c3)c3c2C2c4ccccc4C3c3ccccc32)cc1. The maximum atomic E-state index is 6.65. The number of rotatable bonds is 7. The summed E-state index contributed by atoms with van der Waals surface area (Å²) in [6.45, 7) is 0. The van der Waals surface area contributed by atoms with Crippen LogP contribution in [0.15, 0.2) is 259 Å². The van der Waals surface area contributed by atoms with Gasteiger partial charge in [0.25, 0.3) is 0 Å². The Bertz CT molecular complexity index is 4210. The first-order valence-corrected chi connectivity index (χ1v) is 24.6. The maximum absolute atomic E-state index is 6.65. The Balaban J connectivity index is 0.973. The van der Waals surface area contributed by atoms with E-state index in [0.29, 0.717) is 0 Å². The molecule has 11 aromatic carbocycles. The average Bonchev–Trinajstić information content (AvgIpc) is 3.99. The lowest BCUT2D eigenvalue weighted by molar-refractivity contribution is 0.669. The zero-order valence-corrected chi connectivity index (χ0v) is 38.7. The molecule has 71 heavy (non-hydrogen) atoms. The molecule has 3 aliphatic carbocycles. The molecule has 0 saturated carbocycles. The van der Waals surface area contributed by atoms with Gasteiger partial charge in [0.15, 0.2) is 0 Å². The van der Waals surface area contributed by atoms with Crippen LogP contribution in [0.1, 0.15) is 45.2 Å². The van der Waals surface area contributed by atoms with E-state index in [1.54, 1.807) is 0 Å². The van der Waals surface area contributed by atoms with Crippen molar-refractivity contribution in [3.05, 3.63) is 288 Å². The molecule has 16 rings (SSSR count). The quantitative estimate of drug-likeness (QED) is 0.159. The lowest BCUT2D eigenvalue weighted by atomic mass is 9.59. The molecule has 0 fully saturated rings. The molecule has 3 heteroatoms. The van der Waals surface area contributed by atoms with Gasteiger partial charge in [-0.25, -0.2) is 0 Å². The van der Waals surface area contributed by atoms with Gasteiger partial charge in [-0.15, -0.1) is 0 Å². The number of fused-ring (bicyclic) bond motifs is 6. The molecule has 3 aliphatic rings. The highest BCUT2D eigenvalue weighted by Crippen LogP contribution is 2.61. The van der Waals surface area contributed by atoms with Crippen molar-refractivity contribution in [1.82, 2.24) is 4.57 Å². The summed E-state index contributed by atoms with van der Waals surface area (Å²) in [4.78, 5) is 2.51. The summed E-state index contributed by atoms with van der Waals surface area (Å²) >= 11 is 0. The van der Waals surface area contributed by atoms with E-state index in [0.717, 1.165) is 50.3 Å². The summed E-state index contributed by atoms with van der Waals surface area (Å²) in [6.07, 6.45) is 0. The second-order valence-corrected chi connectivity index (χ2v) is 19.1. The molecular formula is C68H44N2O. The van der Waals surface area contributed by atoms with Crippen LogP contribution in [0.25, 0.3) is 82.8 Å². The van der Waals surface area contributed by atoms with Crippen molar-refractivity contribution in [2.75, 3.05) is 4.90 Å². The third-order valence-corrected chi connectivity index (χ3v) is 15.4. The number of hydrogen-bond donors (Lipinski definition) is 0. The Morgan fingerprint density at radius 2 is 0.915 bits per heavy atom. The van der Waals surface area contributed by atoms with E-state index in [2.05, 4.69) is 258 Å². The van der Waals surface area contributed by atoms with Gasteiger partial charge in [-0.2, -0.15) is 0 Å². The van der Waals surface area contributed by atoms with E-state index in [4.69, 9.17) is 4.42 Å². The Morgan fingerprint density at radius 1 is 0.324 bits per heavy atom. The first kappa shape index (κ1) is 39.8. The smallest absolute Gasteiger partial charge is 0.137 e. The van der Waals surface area contributed by atoms with E-state index < -0.39 is 0 Å². The molecule has 2 bridgehead atoms.